The molecule has 1 heterocycles. The molecule has 0 N–H and O–H groups in total. The van der Waals surface area contributed by atoms with Crippen LogP contribution in [-0.2, 0) is 6.18 Å². The standard InChI is InChI=1S/C8H9F3N2.C2H6/c1-5(2)7-12-4-3-6(13-7)8(9,10)11;1-2/h3-5H,1-2H3;1-2H3. The lowest BCUT2D eigenvalue weighted by molar-refractivity contribution is -0.141. The van der Waals surface area contributed by atoms with Crippen molar-refractivity contribution in [2.75, 3.05) is 0 Å². The predicted molar refractivity (Wildman–Crippen MR) is 52.5 cm³/mol. The minimum Gasteiger partial charge on any atom is -0.241 e. The van der Waals surface area contributed by atoms with Crippen molar-refractivity contribution in [1.29, 1.82) is 0 Å². The van der Waals surface area contributed by atoms with E-state index in [1.807, 2.05) is 13.8 Å². The van der Waals surface area contributed by atoms with Gasteiger partial charge in [-0.15, -0.1) is 0 Å². The average Bonchev–Trinajstić information content (AvgIpc) is 2.20. The van der Waals surface area contributed by atoms with Crippen molar-refractivity contribution >= 4 is 0 Å². The molecule has 0 aliphatic heterocycles. The van der Waals surface area contributed by atoms with Gasteiger partial charge in [-0.2, -0.15) is 13.2 Å². The first-order valence-electron chi connectivity index (χ1n) is 4.81. The van der Waals surface area contributed by atoms with Crippen LogP contribution in [0.15, 0.2) is 12.3 Å². The zero-order valence-corrected chi connectivity index (χ0v) is 9.26. The summed E-state index contributed by atoms with van der Waals surface area (Å²) in [6, 6.07) is 0.867. The van der Waals surface area contributed by atoms with Crippen LogP contribution >= 0.6 is 0 Å². The molecule has 0 atom stereocenters. The second-order valence-electron chi connectivity index (χ2n) is 2.95. The molecule has 0 aromatic carbocycles. The van der Waals surface area contributed by atoms with E-state index in [4.69, 9.17) is 0 Å². The van der Waals surface area contributed by atoms with Crippen molar-refractivity contribution < 1.29 is 13.2 Å². The number of rotatable bonds is 1. The van der Waals surface area contributed by atoms with Gasteiger partial charge in [-0.3, -0.25) is 0 Å². The van der Waals surface area contributed by atoms with Gasteiger partial charge >= 0.3 is 6.18 Å². The summed E-state index contributed by atoms with van der Waals surface area (Å²) < 4.78 is 36.4. The Labute approximate surface area is 87.6 Å². The van der Waals surface area contributed by atoms with E-state index >= 15 is 0 Å². The molecule has 1 aromatic heterocycles. The minimum atomic E-state index is -4.38. The van der Waals surface area contributed by atoms with Crippen molar-refractivity contribution in [2.45, 2.75) is 39.8 Å². The fourth-order valence-electron chi connectivity index (χ4n) is 0.810. The van der Waals surface area contributed by atoms with Crippen LogP contribution in [0.1, 0.15) is 45.1 Å². The summed E-state index contributed by atoms with van der Waals surface area (Å²) in [6.45, 7) is 7.49. The molecule has 1 rings (SSSR count). The molecule has 0 aliphatic carbocycles. The molecule has 0 radical (unpaired) electrons. The Morgan fingerprint density at radius 2 is 1.73 bits per heavy atom. The van der Waals surface area contributed by atoms with E-state index in [9.17, 15) is 13.2 Å². The molecule has 0 bridgehead atoms. The Morgan fingerprint density at radius 1 is 1.20 bits per heavy atom. The van der Waals surface area contributed by atoms with Gasteiger partial charge in [0.1, 0.15) is 11.5 Å². The molecular formula is C10H15F3N2. The molecule has 15 heavy (non-hydrogen) atoms. The van der Waals surface area contributed by atoms with E-state index in [0.29, 0.717) is 0 Å². The molecule has 0 fully saturated rings. The first-order chi connectivity index (χ1) is 6.91. The zero-order valence-electron chi connectivity index (χ0n) is 9.26. The quantitative estimate of drug-likeness (QED) is 0.722. The Balaban J connectivity index is 0.000000921. The summed E-state index contributed by atoms with van der Waals surface area (Å²) in [5.41, 5.74) is -0.883. The third kappa shape index (κ3) is 4.27. The van der Waals surface area contributed by atoms with Gasteiger partial charge < -0.3 is 0 Å². The molecule has 1 aromatic rings. The van der Waals surface area contributed by atoms with Crippen molar-refractivity contribution in [2.24, 2.45) is 0 Å². The summed E-state index contributed by atoms with van der Waals surface area (Å²) in [5.74, 6) is 0.122. The van der Waals surface area contributed by atoms with Crippen LogP contribution in [0.2, 0.25) is 0 Å². The maximum atomic E-state index is 12.1. The van der Waals surface area contributed by atoms with Crippen LogP contribution in [-0.4, -0.2) is 9.97 Å². The number of alkyl halides is 3. The van der Waals surface area contributed by atoms with Crippen LogP contribution < -0.4 is 0 Å². The Hall–Kier alpha value is -1.13. The van der Waals surface area contributed by atoms with Crippen LogP contribution in [0.5, 0.6) is 0 Å². The molecule has 0 saturated heterocycles. The van der Waals surface area contributed by atoms with Gasteiger partial charge in [0.05, 0.1) is 0 Å². The summed E-state index contributed by atoms with van der Waals surface area (Å²) >= 11 is 0. The normalized spacial score (nSPS) is 10.9. The van der Waals surface area contributed by atoms with Gasteiger partial charge in [0, 0.05) is 12.1 Å². The van der Waals surface area contributed by atoms with Crippen molar-refractivity contribution in [1.82, 2.24) is 9.97 Å². The Bertz CT molecular complexity index is 295. The van der Waals surface area contributed by atoms with E-state index < -0.39 is 11.9 Å². The van der Waals surface area contributed by atoms with Gasteiger partial charge in [-0.05, 0) is 6.07 Å². The third-order valence-electron chi connectivity index (χ3n) is 1.48. The van der Waals surface area contributed by atoms with E-state index in [2.05, 4.69) is 9.97 Å². The van der Waals surface area contributed by atoms with E-state index in [-0.39, 0.29) is 11.7 Å². The van der Waals surface area contributed by atoms with E-state index in [1.54, 1.807) is 13.8 Å². The molecule has 0 unspecified atom stereocenters. The highest BCUT2D eigenvalue weighted by Crippen LogP contribution is 2.27. The average molecular weight is 220 g/mol. The van der Waals surface area contributed by atoms with Gasteiger partial charge in [-0.25, -0.2) is 9.97 Å². The van der Waals surface area contributed by atoms with E-state index in [0.717, 1.165) is 12.3 Å². The molecule has 2 nitrogen and oxygen atoms in total. The second kappa shape index (κ2) is 5.68. The molecule has 0 spiro atoms. The van der Waals surface area contributed by atoms with Crippen LogP contribution in [0.3, 0.4) is 0 Å². The first-order valence-corrected chi connectivity index (χ1v) is 4.81. The molecule has 0 amide bonds. The molecule has 5 heteroatoms. The van der Waals surface area contributed by atoms with Gasteiger partial charge in [0.15, 0.2) is 0 Å². The predicted octanol–water partition coefficient (Wildman–Crippen LogP) is 3.65. The highest BCUT2D eigenvalue weighted by Gasteiger charge is 2.32. The number of aromatic nitrogens is 2. The molecule has 0 aliphatic rings. The maximum absolute atomic E-state index is 12.1. The summed E-state index contributed by atoms with van der Waals surface area (Å²) in [4.78, 5) is 7.15. The largest absolute Gasteiger partial charge is 0.433 e. The first kappa shape index (κ1) is 13.9. The highest BCUT2D eigenvalue weighted by molar-refractivity contribution is 5.07. The SMILES string of the molecule is CC.CC(C)c1nccc(C(F)(F)F)n1. The topological polar surface area (TPSA) is 25.8 Å². The second-order valence-corrected chi connectivity index (χ2v) is 2.95. The maximum Gasteiger partial charge on any atom is 0.433 e. The minimum absolute atomic E-state index is 0.0951. The lowest BCUT2D eigenvalue weighted by atomic mass is 10.2. The fourth-order valence-corrected chi connectivity index (χ4v) is 0.810. The monoisotopic (exact) mass is 220 g/mol. The van der Waals surface area contributed by atoms with Crippen LogP contribution in [0.4, 0.5) is 13.2 Å². The lowest BCUT2D eigenvalue weighted by Crippen LogP contribution is -2.10. The third-order valence-corrected chi connectivity index (χ3v) is 1.48. The number of halogens is 3. The van der Waals surface area contributed by atoms with Gasteiger partial charge in [0.25, 0.3) is 0 Å². The summed E-state index contributed by atoms with van der Waals surface area (Å²) in [6.07, 6.45) is -3.25. The highest BCUT2D eigenvalue weighted by atomic mass is 19.4. The zero-order chi connectivity index (χ0) is 12.1. The Kier molecular flexibility index (Phi) is 5.25. The van der Waals surface area contributed by atoms with Crippen LogP contribution in [0.25, 0.3) is 0 Å². The summed E-state index contributed by atoms with van der Waals surface area (Å²) in [5, 5.41) is 0. The number of hydrogen-bond acceptors (Lipinski definition) is 2. The smallest absolute Gasteiger partial charge is 0.241 e. The van der Waals surface area contributed by atoms with Crippen molar-refractivity contribution in [3.63, 3.8) is 0 Å². The number of nitrogens with zero attached hydrogens (tertiary/aromatic N) is 2. The molecule has 0 saturated carbocycles. The molecule has 86 valence electrons. The Morgan fingerprint density at radius 3 is 2.13 bits per heavy atom. The van der Waals surface area contributed by atoms with Crippen molar-refractivity contribution in [3.05, 3.63) is 23.8 Å². The van der Waals surface area contributed by atoms with Crippen LogP contribution in [0, 0.1) is 0 Å². The summed E-state index contributed by atoms with van der Waals surface area (Å²) in [7, 11) is 0. The fraction of sp³-hybridized carbons (Fsp3) is 0.600. The van der Waals surface area contributed by atoms with E-state index in [1.165, 1.54) is 0 Å². The molecular weight excluding hydrogens is 205 g/mol. The van der Waals surface area contributed by atoms with Gasteiger partial charge in [0.2, 0.25) is 0 Å². The lowest BCUT2D eigenvalue weighted by Gasteiger charge is -2.08. The van der Waals surface area contributed by atoms with Gasteiger partial charge in [-0.1, -0.05) is 27.7 Å². The van der Waals surface area contributed by atoms with Crippen molar-refractivity contribution in [3.8, 4) is 0 Å². The number of hydrogen-bond donors (Lipinski definition) is 0.